The zero-order chi connectivity index (χ0) is 19.6. The Bertz CT molecular complexity index is 733. The van der Waals surface area contributed by atoms with E-state index in [4.69, 9.17) is 9.73 Å². The van der Waals surface area contributed by atoms with Crippen molar-refractivity contribution in [3.63, 3.8) is 0 Å². The summed E-state index contributed by atoms with van der Waals surface area (Å²) < 4.78 is 8.27. The average molecular weight is 564 g/mol. The summed E-state index contributed by atoms with van der Waals surface area (Å²) >= 11 is 3.53. The molecule has 0 atom stereocenters. The maximum Gasteiger partial charge on any atom is 0.194 e. The third-order valence-corrected chi connectivity index (χ3v) is 4.60. The molecule has 28 heavy (non-hydrogen) atoms. The van der Waals surface area contributed by atoms with E-state index in [2.05, 4.69) is 93.6 Å². The zero-order valence-corrected chi connectivity index (χ0v) is 21.0. The molecular weight excluding hydrogens is 533 g/mol. The van der Waals surface area contributed by atoms with E-state index in [0.717, 1.165) is 35.8 Å². The van der Waals surface area contributed by atoms with Crippen LogP contribution in [0, 0.1) is 0 Å². The lowest BCUT2D eigenvalue weighted by atomic mass is 10.2. The molecular formula is C20H31BrIN5O. The van der Waals surface area contributed by atoms with Gasteiger partial charge in [0.15, 0.2) is 5.96 Å². The Morgan fingerprint density at radius 2 is 2.00 bits per heavy atom. The van der Waals surface area contributed by atoms with Crippen LogP contribution in [0.5, 0.6) is 0 Å². The maximum atomic E-state index is 5.05. The fraction of sp³-hybridized carbons (Fsp3) is 0.450. The van der Waals surface area contributed by atoms with Gasteiger partial charge in [0.05, 0.1) is 19.7 Å². The lowest BCUT2D eigenvalue weighted by Gasteiger charge is -2.22. The first kappa shape index (κ1) is 24.8. The molecule has 0 aliphatic rings. The van der Waals surface area contributed by atoms with Crippen molar-refractivity contribution >= 4 is 51.6 Å². The van der Waals surface area contributed by atoms with Gasteiger partial charge in [-0.25, -0.2) is 4.99 Å². The second kappa shape index (κ2) is 13.1. The van der Waals surface area contributed by atoms with Crippen LogP contribution in [-0.2, 0) is 24.9 Å². The molecule has 0 amide bonds. The standard InChI is InChI=1S/C20H30BrN5O.HI/c1-5-22-20(26(3)15-19-12-17(21)14-25(19)2)24-13-16-6-8-18(9-7-16)23-10-11-27-4;/h6-9,12,14,23H,5,10-11,13,15H2,1-4H3,(H,22,24);1H. The second-order valence-corrected chi connectivity index (χ2v) is 7.32. The van der Waals surface area contributed by atoms with Crippen molar-refractivity contribution in [2.75, 3.05) is 39.2 Å². The molecule has 0 aliphatic carbocycles. The van der Waals surface area contributed by atoms with Gasteiger partial charge in [-0.15, -0.1) is 24.0 Å². The lowest BCUT2D eigenvalue weighted by Crippen LogP contribution is -2.38. The number of rotatable bonds is 9. The Morgan fingerprint density at radius 1 is 1.29 bits per heavy atom. The Hall–Kier alpha value is -1.26. The molecule has 0 bridgehead atoms. The molecule has 2 rings (SSSR count). The quantitative estimate of drug-likeness (QED) is 0.209. The molecule has 0 aliphatic heterocycles. The Balaban J connectivity index is 0.00000392. The summed E-state index contributed by atoms with van der Waals surface area (Å²) in [5, 5.41) is 6.70. The Morgan fingerprint density at radius 3 is 2.57 bits per heavy atom. The van der Waals surface area contributed by atoms with E-state index in [-0.39, 0.29) is 24.0 Å². The Kier molecular flexibility index (Phi) is 11.6. The van der Waals surface area contributed by atoms with Crippen LogP contribution in [0.25, 0.3) is 0 Å². The number of benzene rings is 1. The van der Waals surface area contributed by atoms with E-state index < -0.39 is 0 Å². The number of guanidine groups is 1. The number of aryl methyl sites for hydroxylation is 1. The molecule has 0 unspecified atom stereocenters. The summed E-state index contributed by atoms with van der Waals surface area (Å²) in [5.41, 5.74) is 3.50. The van der Waals surface area contributed by atoms with Crippen LogP contribution >= 0.6 is 39.9 Å². The van der Waals surface area contributed by atoms with Gasteiger partial charge in [-0.1, -0.05) is 12.1 Å². The third-order valence-electron chi connectivity index (χ3n) is 4.17. The van der Waals surface area contributed by atoms with Gasteiger partial charge in [-0.3, -0.25) is 0 Å². The monoisotopic (exact) mass is 563 g/mol. The highest BCUT2D eigenvalue weighted by atomic mass is 127. The number of nitrogens with zero attached hydrogens (tertiary/aromatic N) is 3. The van der Waals surface area contributed by atoms with Gasteiger partial charge in [0.1, 0.15) is 0 Å². The molecule has 156 valence electrons. The summed E-state index contributed by atoms with van der Waals surface area (Å²) in [7, 11) is 5.82. The Labute approximate surface area is 193 Å². The molecule has 0 saturated heterocycles. The van der Waals surface area contributed by atoms with Crippen LogP contribution in [0.15, 0.2) is 46.0 Å². The van der Waals surface area contributed by atoms with Crippen molar-refractivity contribution in [2.45, 2.75) is 20.0 Å². The zero-order valence-electron chi connectivity index (χ0n) is 17.0. The summed E-state index contributed by atoms with van der Waals surface area (Å²) in [4.78, 5) is 6.94. The molecule has 2 N–H and O–H groups in total. The minimum absolute atomic E-state index is 0. The predicted octanol–water partition coefficient (Wildman–Crippen LogP) is 4.06. The van der Waals surface area contributed by atoms with Crippen LogP contribution in [0.1, 0.15) is 18.2 Å². The first-order valence-corrected chi connectivity index (χ1v) is 9.94. The third kappa shape index (κ3) is 8.00. The van der Waals surface area contributed by atoms with Crippen LogP contribution in [0.2, 0.25) is 0 Å². The van der Waals surface area contributed by atoms with E-state index in [1.165, 1.54) is 11.3 Å². The van der Waals surface area contributed by atoms with Crippen molar-refractivity contribution < 1.29 is 4.74 Å². The number of anilines is 1. The number of halogens is 2. The topological polar surface area (TPSA) is 53.8 Å². The van der Waals surface area contributed by atoms with Crippen molar-refractivity contribution in [1.29, 1.82) is 0 Å². The number of aromatic nitrogens is 1. The van der Waals surface area contributed by atoms with Crippen LogP contribution in [0.4, 0.5) is 5.69 Å². The van der Waals surface area contributed by atoms with Gasteiger partial charge >= 0.3 is 0 Å². The minimum atomic E-state index is 0. The highest BCUT2D eigenvalue weighted by Crippen LogP contribution is 2.15. The van der Waals surface area contributed by atoms with Gasteiger partial charge < -0.3 is 24.8 Å². The minimum Gasteiger partial charge on any atom is -0.383 e. The summed E-state index contributed by atoms with van der Waals surface area (Å²) in [5.74, 6) is 0.900. The summed E-state index contributed by atoms with van der Waals surface area (Å²) in [6, 6.07) is 10.5. The number of ether oxygens (including phenoxy) is 1. The van der Waals surface area contributed by atoms with Crippen molar-refractivity contribution in [2.24, 2.45) is 12.0 Å². The van der Waals surface area contributed by atoms with Crippen LogP contribution < -0.4 is 10.6 Å². The smallest absolute Gasteiger partial charge is 0.194 e. The summed E-state index contributed by atoms with van der Waals surface area (Å²) in [6.07, 6.45) is 2.06. The first-order valence-electron chi connectivity index (χ1n) is 9.15. The molecule has 0 radical (unpaired) electrons. The molecule has 0 fully saturated rings. The highest BCUT2D eigenvalue weighted by molar-refractivity contribution is 14.0. The van der Waals surface area contributed by atoms with Gasteiger partial charge in [-0.2, -0.15) is 0 Å². The number of hydrogen-bond acceptors (Lipinski definition) is 3. The molecule has 0 saturated carbocycles. The summed E-state index contributed by atoms with van der Waals surface area (Å²) in [6.45, 7) is 5.85. The largest absolute Gasteiger partial charge is 0.383 e. The predicted molar refractivity (Wildman–Crippen MR) is 132 cm³/mol. The lowest BCUT2D eigenvalue weighted by molar-refractivity contribution is 0.211. The molecule has 1 aromatic heterocycles. The van der Waals surface area contributed by atoms with E-state index in [9.17, 15) is 0 Å². The molecule has 6 nitrogen and oxygen atoms in total. The average Bonchev–Trinajstić information content (AvgIpc) is 2.97. The molecule has 1 aromatic carbocycles. The van der Waals surface area contributed by atoms with Gasteiger partial charge in [0, 0.05) is 56.3 Å². The van der Waals surface area contributed by atoms with E-state index in [1.807, 2.05) is 0 Å². The van der Waals surface area contributed by atoms with Crippen LogP contribution in [-0.4, -0.2) is 49.3 Å². The number of hydrogen-bond donors (Lipinski definition) is 2. The highest BCUT2D eigenvalue weighted by Gasteiger charge is 2.09. The van der Waals surface area contributed by atoms with Gasteiger partial charge in [-0.05, 0) is 46.6 Å². The SMILES string of the molecule is CCNC(=NCc1ccc(NCCOC)cc1)N(C)Cc1cc(Br)cn1C.I. The van der Waals surface area contributed by atoms with Crippen molar-refractivity contribution in [1.82, 2.24) is 14.8 Å². The van der Waals surface area contributed by atoms with Gasteiger partial charge in [0.25, 0.3) is 0 Å². The number of aliphatic imine (C=N–C) groups is 1. The van der Waals surface area contributed by atoms with Crippen molar-refractivity contribution in [3.8, 4) is 0 Å². The molecule has 2 aromatic rings. The number of nitrogens with one attached hydrogen (secondary N) is 2. The molecule has 1 heterocycles. The number of methoxy groups -OCH3 is 1. The maximum absolute atomic E-state index is 5.05. The van der Waals surface area contributed by atoms with Crippen LogP contribution in [0.3, 0.4) is 0 Å². The second-order valence-electron chi connectivity index (χ2n) is 6.40. The van der Waals surface area contributed by atoms with E-state index in [1.54, 1.807) is 7.11 Å². The van der Waals surface area contributed by atoms with E-state index in [0.29, 0.717) is 13.2 Å². The van der Waals surface area contributed by atoms with Crippen molar-refractivity contribution in [3.05, 3.63) is 52.3 Å². The fourth-order valence-corrected chi connectivity index (χ4v) is 3.27. The molecule has 0 spiro atoms. The molecule has 8 heteroatoms. The van der Waals surface area contributed by atoms with Gasteiger partial charge in [0.2, 0.25) is 0 Å². The van der Waals surface area contributed by atoms with E-state index >= 15 is 0 Å². The first-order chi connectivity index (χ1) is 13.0. The fourth-order valence-electron chi connectivity index (χ4n) is 2.70. The normalized spacial score (nSPS) is 11.1.